The second-order valence-corrected chi connectivity index (χ2v) is 8.45. The van der Waals surface area contributed by atoms with Crippen LogP contribution >= 0.6 is 0 Å². The van der Waals surface area contributed by atoms with Crippen LogP contribution in [0.15, 0.2) is 35.5 Å². The van der Waals surface area contributed by atoms with E-state index >= 15 is 0 Å². The third kappa shape index (κ3) is 4.92. The van der Waals surface area contributed by atoms with E-state index in [0.717, 1.165) is 31.7 Å². The van der Waals surface area contributed by atoms with Crippen molar-refractivity contribution in [2.45, 2.75) is 26.2 Å². The quantitative estimate of drug-likeness (QED) is 0.398. The average molecular weight is 412 g/mol. The molecule has 4 N–H and O–H groups in total. The molecule has 1 aliphatic heterocycles. The van der Waals surface area contributed by atoms with E-state index in [-0.39, 0.29) is 22.8 Å². The highest BCUT2D eigenvalue weighted by Crippen LogP contribution is 2.24. The Bertz CT molecular complexity index is 927. The molecule has 2 heterocycles. The third-order valence-electron chi connectivity index (χ3n) is 5.15. The molecule has 0 bridgehead atoms. The number of primary amides is 1. The number of carbonyl (C=O) groups excluding carboxylic acids is 1. The van der Waals surface area contributed by atoms with E-state index in [1.807, 2.05) is 24.3 Å². The van der Waals surface area contributed by atoms with Gasteiger partial charge in [0.25, 0.3) is 5.91 Å². The molecular weight excluding hydrogens is 382 g/mol. The summed E-state index contributed by atoms with van der Waals surface area (Å²) < 4.78 is 0. The summed E-state index contributed by atoms with van der Waals surface area (Å²) in [6.45, 7) is 9.77. The Hall–Kier alpha value is -3.04. The standard InChI is InChI=1S/C21H29N7O2/c1-21(2,3)15-7-5-14(6-8-15)19(26-30)25-20-17(18(22)29)23-13-16(24-20)28-11-9-27(4)10-12-28/h5-8,13,30H,9-12H2,1-4H3,(H2,22,29)(H,24,25,26). The summed E-state index contributed by atoms with van der Waals surface area (Å²) in [5.41, 5.74) is 9.33. The van der Waals surface area contributed by atoms with Gasteiger partial charge in [0.1, 0.15) is 5.82 Å². The maximum Gasteiger partial charge on any atom is 0.271 e. The fourth-order valence-corrected chi connectivity index (χ4v) is 3.20. The van der Waals surface area contributed by atoms with Gasteiger partial charge in [-0.3, -0.25) is 15.5 Å². The molecule has 1 fully saturated rings. The second-order valence-electron chi connectivity index (χ2n) is 8.45. The number of aliphatic imine (C=N–C) groups is 1. The van der Waals surface area contributed by atoms with E-state index in [9.17, 15) is 10.0 Å². The normalized spacial score (nSPS) is 15.9. The number of anilines is 1. The van der Waals surface area contributed by atoms with E-state index in [0.29, 0.717) is 11.4 Å². The number of amidine groups is 1. The Labute approximate surface area is 176 Å². The van der Waals surface area contributed by atoms with Gasteiger partial charge in [-0.05, 0) is 18.0 Å². The molecule has 1 amide bonds. The molecule has 2 aromatic rings. The van der Waals surface area contributed by atoms with E-state index in [1.54, 1.807) is 0 Å². The van der Waals surface area contributed by atoms with E-state index in [1.165, 1.54) is 6.20 Å². The summed E-state index contributed by atoms with van der Waals surface area (Å²) in [6, 6.07) is 7.65. The van der Waals surface area contributed by atoms with E-state index < -0.39 is 5.91 Å². The molecule has 0 unspecified atom stereocenters. The monoisotopic (exact) mass is 411 g/mol. The Balaban J connectivity index is 1.97. The lowest BCUT2D eigenvalue weighted by molar-refractivity contribution is 0.0996. The molecule has 0 radical (unpaired) electrons. The van der Waals surface area contributed by atoms with Crippen LogP contribution in [0.4, 0.5) is 11.6 Å². The van der Waals surface area contributed by atoms with Gasteiger partial charge >= 0.3 is 0 Å². The molecule has 0 saturated carbocycles. The lowest BCUT2D eigenvalue weighted by Crippen LogP contribution is -2.44. The number of hydrogen-bond donors (Lipinski definition) is 3. The molecule has 30 heavy (non-hydrogen) atoms. The number of benzene rings is 1. The second kappa shape index (κ2) is 8.76. The predicted octanol–water partition coefficient (Wildman–Crippen LogP) is 1.68. The molecule has 0 aliphatic carbocycles. The van der Waals surface area contributed by atoms with Gasteiger partial charge in [0.15, 0.2) is 17.3 Å². The number of nitrogens with one attached hydrogen (secondary N) is 1. The summed E-state index contributed by atoms with van der Waals surface area (Å²) in [6.07, 6.45) is 1.54. The number of piperazine rings is 1. The molecule has 0 atom stereocenters. The minimum Gasteiger partial charge on any atom is -0.364 e. The zero-order chi connectivity index (χ0) is 21.9. The molecule has 9 nitrogen and oxygen atoms in total. The van der Waals surface area contributed by atoms with Gasteiger partial charge in [-0.15, -0.1) is 0 Å². The summed E-state index contributed by atoms with van der Waals surface area (Å²) in [4.78, 5) is 29.3. The van der Waals surface area contributed by atoms with Crippen LogP contribution in [0.25, 0.3) is 0 Å². The van der Waals surface area contributed by atoms with Gasteiger partial charge in [-0.25, -0.2) is 15.0 Å². The van der Waals surface area contributed by atoms with Gasteiger partial charge in [0.2, 0.25) is 0 Å². The predicted molar refractivity (Wildman–Crippen MR) is 117 cm³/mol. The van der Waals surface area contributed by atoms with Crippen LogP contribution in [0.3, 0.4) is 0 Å². The summed E-state index contributed by atoms with van der Waals surface area (Å²) >= 11 is 0. The van der Waals surface area contributed by atoms with Crippen LogP contribution in [0.1, 0.15) is 42.4 Å². The van der Waals surface area contributed by atoms with Gasteiger partial charge in [0.05, 0.1) is 6.20 Å². The van der Waals surface area contributed by atoms with Gasteiger partial charge < -0.3 is 15.5 Å². The van der Waals surface area contributed by atoms with Crippen LogP contribution in [0, 0.1) is 0 Å². The number of nitrogens with two attached hydrogens (primary N) is 1. The minimum atomic E-state index is -0.730. The van der Waals surface area contributed by atoms with Crippen molar-refractivity contribution in [3.8, 4) is 0 Å². The fourth-order valence-electron chi connectivity index (χ4n) is 3.20. The molecule has 160 valence electrons. The Morgan fingerprint density at radius 2 is 1.80 bits per heavy atom. The molecule has 9 heteroatoms. The molecule has 1 aromatic carbocycles. The number of carbonyl (C=O) groups is 1. The van der Waals surface area contributed by atoms with Crippen molar-refractivity contribution in [3.63, 3.8) is 0 Å². The van der Waals surface area contributed by atoms with Crippen LogP contribution in [0.2, 0.25) is 0 Å². The van der Waals surface area contributed by atoms with Crippen molar-refractivity contribution in [2.24, 2.45) is 10.7 Å². The van der Waals surface area contributed by atoms with Crippen LogP contribution in [-0.4, -0.2) is 65.0 Å². The highest BCUT2D eigenvalue weighted by atomic mass is 16.5. The molecule has 1 saturated heterocycles. The van der Waals surface area contributed by atoms with Gasteiger partial charge in [0, 0.05) is 31.7 Å². The number of hydroxylamine groups is 1. The molecule has 1 aliphatic rings. The van der Waals surface area contributed by atoms with Crippen molar-refractivity contribution in [1.29, 1.82) is 0 Å². The minimum absolute atomic E-state index is 0.00390. The van der Waals surface area contributed by atoms with Crippen molar-refractivity contribution in [2.75, 3.05) is 38.1 Å². The number of rotatable bonds is 4. The summed E-state index contributed by atoms with van der Waals surface area (Å²) in [7, 11) is 2.07. The van der Waals surface area contributed by atoms with Gasteiger partial charge in [-0.2, -0.15) is 0 Å². The number of aromatic nitrogens is 2. The maximum absolute atomic E-state index is 11.9. The van der Waals surface area contributed by atoms with Gasteiger partial charge in [-0.1, -0.05) is 45.0 Å². The highest BCUT2D eigenvalue weighted by molar-refractivity contribution is 6.02. The van der Waals surface area contributed by atoms with E-state index in [4.69, 9.17) is 5.73 Å². The van der Waals surface area contributed by atoms with Crippen molar-refractivity contribution < 1.29 is 10.0 Å². The van der Waals surface area contributed by atoms with Crippen molar-refractivity contribution in [1.82, 2.24) is 20.3 Å². The Morgan fingerprint density at radius 3 is 2.33 bits per heavy atom. The number of hydrogen-bond acceptors (Lipinski definition) is 7. The average Bonchev–Trinajstić information content (AvgIpc) is 2.71. The summed E-state index contributed by atoms with van der Waals surface area (Å²) in [5, 5.41) is 9.69. The van der Waals surface area contributed by atoms with Crippen LogP contribution < -0.4 is 16.1 Å². The zero-order valence-corrected chi connectivity index (χ0v) is 17.9. The third-order valence-corrected chi connectivity index (χ3v) is 5.15. The first kappa shape index (κ1) is 21.7. The fraction of sp³-hybridized carbons (Fsp3) is 0.429. The van der Waals surface area contributed by atoms with Crippen molar-refractivity contribution >= 4 is 23.4 Å². The molecular formula is C21H29N7O2. The first-order chi connectivity index (χ1) is 14.2. The number of likely N-dealkylation sites (N-methyl/N-ethyl adjacent to an activating group) is 1. The lowest BCUT2D eigenvalue weighted by atomic mass is 9.86. The first-order valence-electron chi connectivity index (χ1n) is 9.89. The van der Waals surface area contributed by atoms with Crippen LogP contribution in [0.5, 0.6) is 0 Å². The SMILES string of the molecule is CN1CCN(c2cnc(C(N)=O)c(N=C(NO)c3ccc(C(C)(C)C)cc3)n2)CC1. The maximum atomic E-state index is 11.9. The topological polar surface area (TPSA) is 120 Å². The van der Waals surface area contributed by atoms with Crippen molar-refractivity contribution in [3.05, 3.63) is 47.3 Å². The smallest absolute Gasteiger partial charge is 0.271 e. The Morgan fingerprint density at radius 1 is 1.17 bits per heavy atom. The Kier molecular flexibility index (Phi) is 6.33. The summed E-state index contributed by atoms with van der Waals surface area (Å²) in [5.74, 6) is 0.108. The zero-order valence-electron chi connectivity index (χ0n) is 17.9. The van der Waals surface area contributed by atoms with Crippen LogP contribution in [-0.2, 0) is 5.41 Å². The highest BCUT2D eigenvalue weighted by Gasteiger charge is 2.20. The molecule has 3 rings (SSSR count). The van der Waals surface area contributed by atoms with E-state index in [2.05, 4.69) is 58.1 Å². The number of nitrogens with zero attached hydrogens (tertiary/aromatic N) is 5. The largest absolute Gasteiger partial charge is 0.364 e. The molecule has 0 spiro atoms. The first-order valence-corrected chi connectivity index (χ1v) is 9.89. The molecule has 1 aromatic heterocycles. The lowest BCUT2D eigenvalue weighted by Gasteiger charge is -2.33. The number of amides is 1.